The summed E-state index contributed by atoms with van der Waals surface area (Å²) in [6, 6.07) is 0. The molecule has 0 heterocycles. The van der Waals surface area contributed by atoms with Gasteiger partial charge in [0.15, 0.2) is 0 Å². The van der Waals surface area contributed by atoms with Crippen molar-refractivity contribution in [1.82, 2.24) is 0 Å². The van der Waals surface area contributed by atoms with Gasteiger partial charge in [0.1, 0.15) is 19.3 Å². The van der Waals surface area contributed by atoms with Crippen molar-refractivity contribution in [3.05, 3.63) is 48.6 Å². The van der Waals surface area contributed by atoms with E-state index >= 15 is 0 Å². The van der Waals surface area contributed by atoms with Gasteiger partial charge in [0.05, 0.1) is 6.10 Å². The molecule has 0 radical (unpaired) electrons. The van der Waals surface area contributed by atoms with E-state index in [1.54, 1.807) is 6.08 Å². The Bertz CT molecular complexity index is 813. The molecule has 0 aliphatic carbocycles. The van der Waals surface area contributed by atoms with Crippen molar-refractivity contribution in [3.8, 4) is 0 Å². The molecule has 0 amide bonds. The zero-order valence-corrected chi connectivity index (χ0v) is 29.8. The number of ether oxygens (including phenoxy) is 2. The molecule has 2 N–H and O–H groups in total. The lowest BCUT2D eigenvalue weighted by atomic mass is 10.0. The van der Waals surface area contributed by atoms with Gasteiger partial charge in [-0.05, 0) is 50.9 Å². The van der Waals surface area contributed by atoms with Gasteiger partial charge in [-0.3, -0.25) is 9.59 Å². The van der Waals surface area contributed by atoms with Gasteiger partial charge in [-0.1, -0.05) is 153 Å². The zero-order valence-electron chi connectivity index (χ0n) is 29.8. The maximum absolute atomic E-state index is 11.9. The highest BCUT2D eigenvalue weighted by Gasteiger charge is 2.12. The van der Waals surface area contributed by atoms with E-state index in [-0.39, 0.29) is 31.6 Å². The van der Waals surface area contributed by atoms with Crippen LogP contribution >= 0.6 is 0 Å². The van der Waals surface area contributed by atoms with E-state index in [9.17, 15) is 19.8 Å². The Morgan fingerprint density at radius 2 is 1.15 bits per heavy atom. The molecule has 2 atom stereocenters. The van der Waals surface area contributed by atoms with Crippen LogP contribution < -0.4 is 0 Å². The molecule has 0 fully saturated rings. The Kier molecular flexibility index (Phi) is 32.5. The molecular formula is C40H70O6. The van der Waals surface area contributed by atoms with E-state index in [2.05, 4.69) is 26.8 Å². The van der Waals surface area contributed by atoms with Gasteiger partial charge in [-0.2, -0.15) is 0 Å². The van der Waals surface area contributed by atoms with Gasteiger partial charge < -0.3 is 19.7 Å². The maximum Gasteiger partial charge on any atom is 0.305 e. The number of aliphatic hydroxyl groups is 2. The fourth-order valence-corrected chi connectivity index (χ4v) is 4.93. The summed E-state index contributed by atoms with van der Waals surface area (Å²) in [6.07, 6.45) is 37.7. The van der Waals surface area contributed by atoms with Crippen LogP contribution in [0.4, 0.5) is 0 Å². The number of carbonyl (C=O) groups is 2. The Morgan fingerprint density at radius 1 is 0.609 bits per heavy atom. The van der Waals surface area contributed by atoms with Crippen molar-refractivity contribution in [1.29, 1.82) is 0 Å². The highest BCUT2D eigenvalue weighted by atomic mass is 16.6. The molecule has 0 aliphatic rings. The topological polar surface area (TPSA) is 93.1 Å². The summed E-state index contributed by atoms with van der Waals surface area (Å²) in [6.45, 7) is 6.47. The summed E-state index contributed by atoms with van der Waals surface area (Å²) in [5, 5.41) is 19.9. The number of allylic oxidation sites excluding steroid dienone is 6. The van der Waals surface area contributed by atoms with Gasteiger partial charge in [0.2, 0.25) is 0 Å². The number of aliphatic hydroxyl groups excluding tert-OH is 2. The minimum absolute atomic E-state index is 0.149. The number of esters is 2. The van der Waals surface area contributed by atoms with Crippen molar-refractivity contribution < 1.29 is 29.3 Å². The van der Waals surface area contributed by atoms with Crippen molar-refractivity contribution >= 4 is 11.9 Å². The van der Waals surface area contributed by atoms with Gasteiger partial charge in [-0.15, -0.1) is 0 Å². The Hall–Kier alpha value is -2.18. The quantitative estimate of drug-likeness (QED) is 0.0327. The summed E-state index contributed by atoms with van der Waals surface area (Å²) in [5.41, 5.74) is 0. The van der Waals surface area contributed by atoms with Crippen LogP contribution in [0.15, 0.2) is 48.6 Å². The number of hydrogen-bond donors (Lipinski definition) is 2. The van der Waals surface area contributed by atoms with E-state index in [1.165, 1.54) is 77.0 Å². The van der Waals surface area contributed by atoms with E-state index in [0.29, 0.717) is 19.3 Å². The fraction of sp³-hybridized carbons (Fsp3) is 0.750. The molecule has 6 heteroatoms. The minimum atomic E-state index is -1.00. The molecule has 0 bridgehead atoms. The van der Waals surface area contributed by atoms with Crippen LogP contribution in [0.25, 0.3) is 0 Å². The molecular weight excluding hydrogens is 576 g/mol. The molecule has 0 spiro atoms. The van der Waals surface area contributed by atoms with Crippen molar-refractivity contribution in [2.75, 3.05) is 13.2 Å². The largest absolute Gasteiger partial charge is 0.463 e. The normalized spacial score (nSPS) is 13.5. The first-order chi connectivity index (χ1) is 22.3. The predicted octanol–water partition coefficient (Wildman–Crippen LogP) is 10.3. The standard InChI is InChI=1S/C40H70O6/c1-4-5-6-7-20-25-30-37(41)31-26-21-16-13-14-18-23-28-33-40(44)46-35-38(42)34-45-39(43)32-27-22-17-12-10-8-9-11-15-19-24-29-36(2)3/h14,16,18,20-21,25-26,31,36-38,41-42H,4-13,15,17,19,22-24,27-30,32-35H2,1-3H3/b18-14-,21-16-,25-20-,31-26+/t37-,38+/m1/s1. The second kappa shape index (κ2) is 34.2. The number of unbranched alkanes of at least 4 members (excludes halogenated alkanes) is 14. The average Bonchev–Trinajstić information content (AvgIpc) is 3.03. The third-order valence-electron chi connectivity index (χ3n) is 7.83. The van der Waals surface area contributed by atoms with Crippen molar-refractivity contribution in [2.45, 2.75) is 174 Å². The number of carbonyl (C=O) groups excluding carboxylic acids is 2. The Balaban J connectivity index is 3.62. The van der Waals surface area contributed by atoms with Crippen LogP contribution in [0, 0.1) is 5.92 Å². The van der Waals surface area contributed by atoms with Gasteiger partial charge in [0.25, 0.3) is 0 Å². The lowest BCUT2D eigenvalue weighted by Gasteiger charge is -2.12. The molecule has 46 heavy (non-hydrogen) atoms. The van der Waals surface area contributed by atoms with Crippen LogP contribution in [0.3, 0.4) is 0 Å². The first kappa shape index (κ1) is 43.8. The van der Waals surface area contributed by atoms with Gasteiger partial charge in [0, 0.05) is 12.8 Å². The second-order valence-corrected chi connectivity index (χ2v) is 13.0. The summed E-state index contributed by atoms with van der Waals surface area (Å²) < 4.78 is 10.2. The number of rotatable bonds is 32. The minimum Gasteiger partial charge on any atom is -0.463 e. The summed E-state index contributed by atoms with van der Waals surface area (Å²) in [5.74, 6) is 0.160. The molecule has 0 saturated carbocycles. The first-order valence-corrected chi connectivity index (χ1v) is 18.7. The molecule has 0 aromatic heterocycles. The Labute approximate surface area is 282 Å². The highest BCUT2D eigenvalue weighted by molar-refractivity contribution is 5.69. The maximum atomic E-state index is 11.9. The molecule has 0 rings (SSSR count). The molecule has 266 valence electrons. The van der Waals surface area contributed by atoms with Crippen LogP contribution in [0.2, 0.25) is 0 Å². The smallest absolute Gasteiger partial charge is 0.305 e. The first-order valence-electron chi connectivity index (χ1n) is 18.7. The van der Waals surface area contributed by atoms with E-state index in [0.717, 1.165) is 44.4 Å². The molecule has 0 saturated heterocycles. The third kappa shape index (κ3) is 34.7. The molecule has 6 nitrogen and oxygen atoms in total. The molecule has 0 aliphatic heterocycles. The summed E-state index contributed by atoms with van der Waals surface area (Å²) in [7, 11) is 0. The van der Waals surface area contributed by atoms with Crippen LogP contribution in [0.1, 0.15) is 162 Å². The fourth-order valence-electron chi connectivity index (χ4n) is 4.93. The summed E-state index contributed by atoms with van der Waals surface area (Å²) >= 11 is 0. The van der Waals surface area contributed by atoms with E-state index in [1.807, 2.05) is 36.5 Å². The third-order valence-corrected chi connectivity index (χ3v) is 7.83. The van der Waals surface area contributed by atoms with Crippen LogP contribution in [0.5, 0.6) is 0 Å². The Morgan fingerprint density at radius 3 is 1.76 bits per heavy atom. The predicted molar refractivity (Wildman–Crippen MR) is 193 cm³/mol. The van der Waals surface area contributed by atoms with Crippen molar-refractivity contribution in [3.63, 3.8) is 0 Å². The van der Waals surface area contributed by atoms with Crippen LogP contribution in [-0.4, -0.2) is 47.6 Å². The van der Waals surface area contributed by atoms with Gasteiger partial charge >= 0.3 is 11.9 Å². The number of hydrogen-bond acceptors (Lipinski definition) is 6. The molecule has 0 aromatic carbocycles. The SMILES string of the molecule is CCCCC/C=C\C[C@@H](O)/C=C/C=C\C/C=C\CCCC(=O)OC[C@@H](O)COC(=O)CCCCCCCCCCCCCC(C)C. The van der Waals surface area contributed by atoms with Crippen LogP contribution in [-0.2, 0) is 19.1 Å². The average molecular weight is 647 g/mol. The highest BCUT2D eigenvalue weighted by Crippen LogP contribution is 2.14. The monoisotopic (exact) mass is 647 g/mol. The lowest BCUT2D eigenvalue weighted by Crippen LogP contribution is -2.25. The second-order valence-electron chi connectivity index (χ2n) is 13.0. The molecule has 0 unspecified atom stereocenters. The lowest BCUT2D eigenvalue weighted by molar-refractivity contribution is -0.152. The zero-order chi connectivity index (χ0) is 33.9. The van der Waals surface area contributed by atoms with Crippen molar-refractivity contribution in [2.24, 2.45) is 5.92 Å². The van der Waals surface area contributed by atoms with Gasteiger partial charge in [-0.25, -0.2) is 0 Å². The summed E-state index contributed by atoms with van der Waals surface area (Å²) in [4.78, 5) is 23.9. The molecule has 0 aromatic rings. The van der Waals surface area contributed by atoms with E-state index in [4.69, 9.17) is 9.47 Å². The van der Waals surface area contributed by atoms with E-state index < -0.39 is 12.2 Å².